The highest BCUT2D eigenvalue weighted by atomic mass is 14.7. The van der Waals surface area contributed by atoms with Crippen molar-refractivity contribution in [1.82, 2.24) is 0 Å². The van der Waals surface area contributed by atoms with Crippen molar-refractivity contribution in [3.05, 3.63) is 40.5 Å². The molecule has 0 atom stereocenters. The molecule has 17 heavy (non-hydrogen) atoms. The van der Waals surface area contributed by atoms with E-state index in [4.69, 9.17) is 0 Å². The number of nitrogens with zero attached hydrogens (tertiary/aromatic N) is 1. The number of hydrogen-bond donors (Lipinski definition) is 0. The van der Waals surface area contributed by atoms with Gasteiger partial charge in [0.15, 0.2) is 0 Å². The SMILES string of the molecule is CN=C(C)c1ccc2c(c1C)C=CC(C)(C)C2. The van der Waals surface area contributed by atoms with Gasteiger partial charge in [-0.05, 0) is 47.9 Å². The maximum Gasteiger partial charge on any atom is 0.0389 e. The van der Waals surface area contributed by atoms with Crippen LogP contribution in [0, 0.1) is 12.3 Å². The molecule has 1 aliphatic rings. The van der Waals surface area contributed by atoms with Crippen molar-refractivity contribution in [2.45, 2.75) is 34.1 Å². The van der Waals surface area contributed by atoms with E-state index in [0.717, 1.165) is 12.1 Å². The van der Waals surface area contributed by atoms with Gasteiger partial charge in [-0.2, -0.15) is 0 Å². The number of hydrogen-bond acceptors (Lipinski definition) is 1. The summed E-state index contributed by atoms with van der Waals surface area (Å²) in [5.74, 6) is 0. The Morgan fingerprint density at radius 3 is 2.65 bits per heavy atom. The fourth-order valence-corrected chi connectivity index (χ4v) is 2.54. The van der Waals surface area contributed by atoms with Gasteiger partial charge < -0.3 is 0 Å². The Bertz CT molecular complexity index is 505. The molecule has 0 aliphatic heterocycles. The van der Waals surface area contributed by atoms with Crippen LogP contribution in [-0.2, 0) is 6.42 Å². The van der Waals surface area contributed by atoms with Crippen LogP contribution in [0.1, 0.15) is 43.0 Å². The Labute approximate surface area is 104 Å². The molecule has 90 valence electrons. The normalized spacial score (nSPS) is 18.1. The first-order valence-electron chi connectivity index (χ1n) is 6.20. The van der Waals surface area contributed by atoms with Gasteiger partial charge in [-0.3, -0.25) is 4.99 Å². The molecule has 0 aromatic heterocycles. The van der Waals surface area contributed by atoms with Crippen molar-refractivity contribution in [2.75, 3.05) is 7.05 Å². The largest absolute Gasteiger partial charge is 0.293 e. The first kappa shape index (κ1) is 12.1. The van der Waals surface area contributed by atoms with Gasteiger partial charge in [0, 0.05) is 12.8 Å². The van der Waals surface area contributed by atoms with Crippen LogP contribution in [0.2, 0.25) is 0 Å². The summed E-state index contributed by atoms with van der Waals surface area (Å²) in [7, 11) is 1.85. The monoisotopic (exact) mass is 227 g/mol. The Morgan fingerprint density at radius 2 is 2.00 bits per heavy atom. The zero-order valence-corrected chi connectivity index (χ0v) is 11.5. The minimum absolute atomic E-state index is 0.287. The molecule has 0 N–H and O–H groups in total. The molecule has 0 fully saturated rings. The topological polar surface area (TPSA) is 12.4 Å². The molecule has 0 radical (unpaired) electrons. The third kappa shape index (κ3) is 2.19. The lowest BCUT2D eigenvalue weighted by molar-refractivity contribution is 0.474. The van der Waals surface area contributed by atoms with Crippen LogP contribution >= 0.6 is 0 Å². The van der Waals surface area contributed by atoms with Crippen LogP contribution in [0.5, 0.6) is 0 Å². The van der Waals surface area contributed by atoms with Crippen molar-refractivity contribution < 1.29 is 0 Å². The maximum atomic E-state index is 4.29. The van der Waals surface area contributed by atoms with Gasteiger partial charge in [0.1, 0.15) is 0 Å². The molecule has 0 bridgehead atoms. The fourth-order valence-electron chi connectivity index (χ4n) is 2.54. The van der Waals surface area contributed by atoms with Gasteiger partial charge in [-0.1, -0.05) is 38.1 Å². The number of allylic oxidation sites excluding steroid dienone is 1. The summed E-state index contributed by atoms with van der Waals surface area (Å²) in [5, 5.41) is 0. The first-order chi connectivity index (χ1) is 7.94. The van der Waals surface area contributed by atoms with Crippen LogP contribution in [0.3, 0.4) is 0 Å². The van der Waals surface area contributed by atoms with E-state index in [9.17, 15) is 0 Å². The lowest BCUT2D eigenvalue weighted by atomic mass is 9.77. The second kappa shape index (κ2) is 4.14. The molecule has 0 saturated carbocycles. The van der Waals surface area contributed by atoms with Crippen LogP contribution in [0.4, 0.5) is 0 Å². The smallest absolute Gasteiger partial charge is 0.0389 e. The van der Waals surface area contributed by atoms with E-state index >= 15 is 0 Å². The molecular weight excluding hydrogens is 206 g/mol. The Morgan fingerprint density at radius 1 is 1.29 bits per heavy atom. The average molecular weight is 227 g/mol. The quantitative estimate of drug-likeness (QED) is 0.642. The van der Waals surface area contributed by atoms with E-state index in [0.29, 0.717) is 0 Å². The molecule has 1 aromatic carbocycles. The van der Waals surface area contributed by atoms with E-state index in [2.05, 4.69) is 57.0 Å². The molecule has 0 spiro atoms. The summed E-state index contributed by atoms with van der Waals surface area (Å²) in [4.78, 5) is 4.29. The minimum atomic E-state index is 0.287. The zero-order valence-electron chi connectivity index (χ0n) is 11.5. The van der Waals surface area contributed by atoms with Crippen molar-refractivity contribution in [2.24, 2.45) is 10.4 Å². The molecule has 1 nitrogen and oxygen atoms in total. The molecule has 0 amide bonds. The summed E-state index contributed by atoms with van der Waals surface area (Å²) in [6.45, 7) is 8.85. The zero-order chi connectivity index (χ0) is 12.6. The van der Waals surface area contributed by atoms with E-state index in [1.54, 1.807) is 0 Å². The number of benzene rings is 1. The molecule has 2 rings (SSSR count). The molecule has 1 heteroatoms. The number of fused-ring (bicyclic) bond motifs is 1. The third-order valence-electron chi connectivity index (χ3n) is 3.68. The average Bonchev–Trinajstić information content (AvgIpc) is 2.27. The van der Waals surface area contributed by atoms with Crippen LogP contribution in [0.25, 0.3) is 6.08 Å². The summed E-state index contributed by atoms with van der Waals surface area (Å²) >= 11 is 0. The summed E-state index contributed by atoms with van der Waals surface area (Å²) < 4.78 is 0. The minimum Gasteiger partial charge on any atom is -0.293 e. The maximum absolute atomic E-state index is 4.29. The van der Waals surface area contributed by atoms with Crippen LogP contribution in [0.15, 0.2) is 23.2 Å². The molecule has 0 unspecified atom stereocenters. The van der Waals surface area contributed by atoms with Crippen molar-refractivity contribution in [3.63, 3.8) is 0 Å². The van der Waals surface area contributed by atoms with E-state index in [1.807, 2.05) is 7.05 Å². The van der Waals surface area contributed by atoms with Crippen molar-refractivity contribution in [1.29, 1.82) is 0 Å². The van der Waals surface area contributed by atoms with Crippen LogP contribution < -0.4 is 0 Å². The van der Waals surface area contributed by atoms with Gasteiger partial charge in [0.05, 0.1) is 0 Å². The lowest BCUT2D eigenvalue weighted by Gasteiger charge is -2.27. The predicted molar refractivity (Wildman–Crippen MR) is 75.8 cm³/mol. The predicted octanol–water partition coefficient (Wildman–Crippen LogP) is 4.03. The molecule has 0 heterocycles. The number of rotatable bonds is 1. The second-order valence-corrected chi connectivity index (χ2v) is 5.62. The highest BCUT2D eigenvalue weighted by molar-refractivity contribution is 6.00. The number of aliphatic imine (C=N–C) groups is 1. The first-order valence-corrected chi connectivity index (χ1v) is 6.20. The van der Waals surface area contributed by atoms with E-state index in [-0.39, 0.29) is 5.41 Å². The van der Waals surface area contributed by atoms with E-state index in [1.165, 1.54) is 22.3 Å². The van der Waals surface area contributed by atoms with Crippen LogP contribution in [-0.4, -0.2) is 12.8 Å². The molecule has 0 saturated heterocycles. The third-order valence-corrected chi connectivity index (χ3v) is 3.68. The summed E-state index contributed by atoms with van der Waals surface area (Å²) in [6.07, 6.45) is 5.73. The van der Waals surface area contributed by atoms with Gasteiger partial charge in [0.25, 0.3) is 0 Å². The Balaban J connectivity index is 2.55. The van der Waals surface area contributed by atoms with Gasteiger partial charge in [0.2, 0.25) is 0 Å². The van der Waals surface area contributed by atoms with Gasteiger partial charge in [-0.25, -0.2) is 0 Å². The Hall–Kier alpha value is -1.37. The highest BCUT2D eigenvalue weighted by Gasteiger charge is 2.22. The fraction of sp³-hybridized carbons (Fsp3) is 0.438. The summed E-state index contributed by atoms with van der Waals surface area (Å²) in [5.41, 5.74) is 6.89. The van der Waals surface area contributed by atoms with Crippen molar-refractivity contribution >= 4 is 11.8 Å². The molecular formula is C16H21N. The lowest BCUT2D eigenvalue weighted by Crippen LogP contribution is -2.17. The summed E-state index contributed by atoms with van der Waals surface area (Å²) in [6, 6.07) is 4.48. The molecule has 1 aliphatic carbocycles. The molecule has 1 aromatic rings. The van der Waals surface area contributed by atoms with E-state index < -0.39 is 0 Å². The standard InChI is InChI=1S/C16H21N/c1-11-14(12(2)17-5)7-6-13-10-16(3,4)9-8-15(11)13/h6-9H,10H2,1-5H3. The highest BCUT2D eigenvalue weighted by Crippen LogP contribution is 2.34. The Kier molecular flexibility index (Phi) is 2.94. The van der Waals surface area contributed by atoms with Crippen molar-refractivity contribution in [3.8, 4) is 0 Å². The van der Waals surface area contributed by atoms with Gasteiger partial charge >= 0.3 is 0 Å². The van der Waals surface area contributed by atoms with Gasteiger partial charge in [-0.15, -0.1) is 0 Å². The second-order valence-electron chi connectivity index (χ2n) is 5.62.